The summed E-state index contributed by atoms with van der Waals surface area (Å²) in [6, 6.07) is 10.5. The summed E-state index contributed by atoms with van der Waals surface area (Å²) in [6.07, 6.45) is -6.10. The van der Waals surface area contributed by atoms with E-state index in [1.54, 1.807) is 7.14 Å². The first-order valence-electron chi connectivity index (χ1n) is 36.8. The summed E-state index contributed by atoms with van der Waals surface area (Å²) >= 11 is -0.0687. The second-order valence-electron chi connectivity index (χ2n) is 27.7. The third-order valence-electron chi connectivity index (χ3n) is 19.1. The van der Waals surface area contributed by atoms with E-state index in [1.165, 1.54) is 229 Å². The van der Waals surface area contributed by atoms with Gasteiger partial charge in [0.25, 0.3) is 0 Å². The molecule has 0 aliphatic carbocycles. The van der Waals surface area contributed by atoms with E-state index in [1.807, 2.05) is 0 Å². The maximum Gasteiger partial charge on any atom is 0.416 e. The smallest absolute Gasteiger partial charge is 0.194 e. The van der Waals surface area contributed by atoms with E-state index >= 15 is 0 Å². The van der Waals surface area contributed by atoms with Gasteiger partial charge in [0, 0.05) is 0 Å². The summed E-state index contributed by atoms with van der Waals surface area (Å²) in [4.78, 5) is 0. The minimum atomic E-state index is -6.13. The van der Waals surface area contributed by atoms with E-state index < -0.39 is 195 Å². The zero-order valence-electron chi connectivity index (χ0n) is 59.6. The van der Waals surface area contributed by atoms with Crippen LogP contribution in [0.15, 0.2) is 121 Å². The molecule has 6 aromatic rings. The minimum absolute atomic E-state index is 0.0687. The molecule has 592 valence electrons. The number of benzene rings is 6. The van der Waals surface area contributed by atoms with Crippen molar-refractivity contribution in [3.8, 4) is 0 Å². The lowest BCUT2D eigenvalue weighted by molar-refractivity contribution is -0.597. The number of halogens is 25. The quantitative estimate of drug-likeness (QED) is 0.0156. The van der Waals surface area contributed by atoms with Gasteiger partial charge >= 0.3 is 70.6 Å². The molecule has 0 bridgehead atoms. The summed E-state index contributed by atoms with van der Waals surface area (Å²) < 4.78 is 344. The monoisotopic (exact) mass is 1650 g/mol. The highest BCUT2D eigenvalue weighted by Gasteiger charge is 2.47. The van der Waals surface area contributed by atoms with Crippen LogP contribution in [-0.4, -0.2) is 6.15 Å². The van der Waals surface area contributed by atoms with E-state index in [4.69, 9.17) is 0 Å². The Morgan fingerprint density at radius 2 is 0.358 bits per heavy atom. The van der Waals surface area contributed by atoms with Crippen LogP contribution in [0.1, 0.15) is 275 Å². The predicted octanol–water partition coefficient (Wildman–Crippen LogP) is 24.6. The van der Waals surface area contributed by atoms with Gasteiger partial charge in [0.1, 0.15) is 6.15 Å². The van der Waals surface area contributed by atoms with Crippen molar-refractivity contribution in [2.75, 3.05) is 0 Å². The van der Waals surface area contributed by atoms with Crippen molar-refractivity contribution in [1.29, 1.82) is 0 Å². The van der Waals surface area contributed by atoms with Crippen LogP contribution >= 0.6 is 0 Å². The second kappa shape index (κ2) is 42.0. The molecule has 0 aliphatic rings. The van der Waals surface area contributed by atoms with Crippen LogP contribution in [0.5, 0.6) is 0 Å². The molecule has 0 N–H and O–H groups in total. The van der Waals surface area contributed by atoms with Gasteiger partial charge in [-0.2, -0.15) is 127 Å². The van der Waals surface area contributed by atoms with Gasteiger partial charge in [-0.25, -0.2) is 0 Å². The first-order chi connectivity index (χ1) is 49.6. The largest absolute Gasteiger partial charge is 0.416 e. The molecule has 0 amide bonds. The Morgan fingerprint density at radius 3 is 0.509 bits per heavy atom. The molecule has 6 rings (SSSR count). The Balaban J connectivity index is 0.000000385. The Bertz CT molecular complexity index is 3000. The lowest BCUT2D eigenvalue weighted by atomic mass is 9.12. The van der Waals surface area contributed by atoms with E-state index in [0.29, 0.717) is 0 Å². The molecule has 106 heavy (non-hydrogen) atoms. The van der Waals surface area contributed by atoms with Crippen LogP contribution in [0, 0.1) is 7.14 Å². The Morgan fingerprint density at radius 1 is 0.208 bits per heavy atom. The predicted molar refractivity (Wildman–Crippen MR) is 367 cm³/mol. The molecule has 0 saturated carbocycles. The molecule has 0 spiro atoms. The van der Waals surface area contributed by atoms with E-state index in [2.05, 4.69) is 62.4 Å². The molecule has 6 aromatic carbocycles. The number of hydrogen-bond acceptors (Lipinski definition) is 0. The van der Waals surface area contributed by atoms with Gasteiger partial charge in [-0.05, 0) is 85.3 Å². The summed E-state index contributed by atoms with van der Waals surface area (Å²) in [5, 5.41) is 0. The van der Waals surface area contributed by atoms with Gasteiger partial charge < -0.3 is 0 Å². The van der Waals surface area contributed by atoms with Gasteiger partial charge in [0.05, 0.1) is 44.5 Å². The van der Waals surface area contributed by atoms with Crippen LogP contribution in [-0.2, 0) is 62.3 Å². The Labute approximate surface area is 617 Å². The van der Waals surface area contributed by atoms with Crippen LogP contribution in [0.25, 0.3) is 0 Å². The van der Waals surface area contributed by atoms with Crippen molar-refractivity contribution in [2.45, 2.75) is 282 Å². The van der Waals surface area contributed by atoms with Crippen molar-refractivity contribution in [3.63, 3.8) is 0 Å². The zero-order valence-corrected chi connectivity index (χ0v) is 61.8. The SMILES string of the molecule is CCCCCCCCCCCCCCCCCCc1ccc([I+]c2ccc(CCCCCCCCCCCCCCCCCC)cc2)cc1.FC(F)(F)c1cc([B-](c2cc(C(F)(F)F)cc(C(F)(F)F)c2)(c2cc(C(F)(F)F)cc(C(F)(F)F)c2)c2cc(C(F)(F)F)cc(C(F)(F)F)c2)cc(C(F)(F)F)c1. The van der Waals surface area contributed by atoms with Gasteiger partial charge in [0.15, 0.2) is 7.14 Å². The second-order valence-corrected chi connectivity index (χ2v) is 30.7. The topological polar surface area (TPSA) is 0 Å². The molecule has 0 unspecified atom stereocenters. The third-order valence-corrected chi connectivity index (χ3v) is 21.8. The van der Waals surface area contributed by atoms with Crippen LogP contribution in [0.2, 0.25) is 0 Å². The summed E-state index contributed by atoms with van der Waals surface area (Å²) in [5.41, 5.74) is -27.1. The summed E-state index contributed by atoms with van der Waals surface area (Å²) in [5.74, 6) is 0. The zero-order chi connectivity index (χ0) is 78.6. The highest BCUT2D eigenvalue weighted by atomic mass is 127. The molecule has 26 heteroatoms. The lowest BCUT2D eigenvalue weighted by Gasteiger charge is -2.46. The Hall–Kier alpha value is -5.57. The normalized spacial score (nSPS) is 13.0. The van der Waals surface area contributed by atoms with E-state index in [9.17, 15) is 105 Å². The lowest BCUT2D eigenvalue weighted by Crippen LogP contribution is -3.61. The van der Waals surface area contributed by atoms with Gasteiger partial charge in [-0.15, -0.1) is 0 Å². The van der Waals surface area contributed by atoms with Gasteiger partial charge in [-0.3, -0.25) is 0 Å². The average Bonchev–Trinajstić information content (AvgIpc) is 0.708. The van der Waals surface area contributed by atoms with Crippen molar-refractivity contribution in [3.05, 3.63) is 184 Å². The fraction of sp³-hybridized carbons (Fsp3) is 0.550. The first-order valence-corrected chi connectivity index (χ1v) is 38.9. The van der Waals surface area contributed by atoms with Crippen LogP contribution in [0.4, 0.5) is 105 Å². The molecule has 0 saturated heterocycles. The molecular formula is C80H94BF24I. The number of unbranched alkanes of at least 4 members (excludes halogenated alkanes) is 30. The number of rotatable bonds is 40. The highest BCUT2D eigenvalue weighted by Crippen LogP contribution is 2.42. The fourth-order valence-corrected chi connectivity index (χ4v) is 15.5. The molecule has 0 aliphatic heterocycles. The maximum atomic E-state index is 14.2. The molecule has 0 nitrogen and oxygen atoms in total. The van der Waals surface area contributed by atoms with Crippen molar-refractivity contribution < 1.29 is 127 Å². The first kappa shape index (κ1) is 91.0. The van der Waals surface area contributed by atoms with Crippen LogP contribution in [0.3, 0.4) is 0 Å². The molecule has 0 heterocycles. The summed E-state index contributed by atoms with van der Waals surface area (Å²) in [6.45, 7) is 4.61. The van der Waals surface area contributed by atoms with Crippen LogP contribution < -0.4 is 43.1 Å². The van der Waals surface area contributed by atoms with E-state index in [-0.39, 0.29) is 21.2 Å². The Kier molecular flexibility index (Phi) is 36.1. The fourth-order valence-electron chi connectivity index (χ4n) is 13.4. The maximum absolute atomic E-state index is 14.2. The van der Waals surface area contributed by atoms with E-state index in [0.717, 1.165) is 0 Å². The van der Waals surface area contributed by atoms with Crippen molar-refractivity contribution >= 4 is 28.0 Å². The molecule has 0 fully saturated rings. The highest BCUT2D eigenvalue weighted by molar-refractivity contribution is 7.20. The third kappa shape index (κ3) is 30.7. The van der Waals surface area contributed by atoms with Gasteiger partial charge in [-0.1, -0.05) is 279 Å². The summed E-state index contributed by atoms with van der Waals surface area (Å²) in [7, 11) is 0. The number of hydrogen-bond donors (Lipinski definition) is 0. The van der Waals surface area contributed by atoms with Gasteiger partial charge in [0.2, 0.25) is 0 Å². The molecule has 0 atom stereocenters. The molecule has 0 aromatic heterocycles. The number of alkyl halides is 24. The minimum Gasteiger partial charge on any atom is -0.194 e. The van der Waals surface area contributed by atoms with Crippen molar-refractivity contribution in [1.82, 2.24) is 0 Å². The molecular weight excluding hydrogens is 1550 g/mol. The molecule has 0 radical (unpaired) electrons. The van der Waals surface area contributed by atoms with Crippen molar-refractivity contribution in [2.24, 2.45) is 0 Å². The average molecular weight is 1650 g/mol. The standard InChI is InChI=1S/C48H82I.C32H12BF24/c1-3-5-7-9-11-13-15-17-19-21-23-25-27-29-31-33-35-45-37-41-47(42-38-45)49-48-43-39-46(40-44-48)36-34-32-30-28-26-24-22-20-18-16-14-12-10-8-6-4-2;34-25(35,36)13-1-14(26(37,38)39)6-21(5-13)33(22-7-15(27(40,41)42)2-16(8-22)28(43,44)45,23-9-17(29(46,47)48)3-18(10-23)30(49,50)51)24-11-19(31(52,53)54)4-20(12-24)32(55,56)57/h37-44H,3-36H2,1-2H3;1-12H/q+1;-1. The number of aryl methyl sites for hydroxylation is 2.